The van der Waals surface area contributed by atoms with E-state index in [1.54, 1.807) is 0 Å². The van der Waals surface area contributed by atoms with E-state index in [1.165, 1.54) is 62.7 Å². The summed E-state index contributed by atoms with van der Waals surface area (Å²) in [6.07, 6.45) is 7.80. The molecule has 1 N–H and O–H groups in total. The van der Waals surface area contributed by atoms with Crippen LogP contribution in [-0.2, 0) is 13.1 Å². The van der Waals surface area contributed by atoms with Crippen LogP contribution in [0.4, 0.5) is 5.82 Å². The zero-order chi connectivity index (χ0) is 18.8. The Bertz CT molecular complexity index is 937. The molecular formula is C22H28N6. The molecule has 1 aromatic carbocycles. The summed E-state index contributed by atoms with van der Waals surface area (Å²) < 4.78 is 1.91. The summed E-state index contributed by atoms with van der Waals surface area (Å²) in [5.41, 5.74) is 3.59. The van der Waals surface area contributed by atoms with Gasteiger partial charge in [0.05, 0.1) is 0 Å². The first-order chi connectivity index (χ1) is 13.9. The van der Waals surface area contributed by atoms with Crippen molar-refractivity contribution in [3.05, 3.63) is 53.3 Å². The Kier molecular flexibility index (Phi) is 4.95. The third-order valence-electron chi connectivity index (χ3n) is 5.90. The van der Waals surface area contributed by atoms with E-state index in [9.17, 15) is 0 Å². The zero-order valence-corrected chi connectivity index (χ0v) is 16.3. The fourth-order valence-corrected chi connectivity index (χ4v) is 4.10. The lowest BCUT2D eigenvalue weighted by molar-refractivity contribution is 0.276. The topological polar surface area (TPSA) is 58.3 Å². The summed E-state index contributed by atoms with van der Waals surface area (Å²) in [6, 6.07) is 12.8. The molecule has 6 heteroatoms. The number of benzene rings is 1. The second kappa shape index (κ2) is 7.87. The number of fused-ring (bicyclic) bond motifs is 1. The number of aromatic nitrogens is 4. The molecule has 0 amide bonds. The number of rotatable bonds is 6. The van der Waals surface area contributed by atoms with Crippen LogP contribution in [0.1, 0.15) is 61.4 Å². The highest BCUT2D eigenvalue weighted by Crippen LogP contribution is 2.38. The molecule has 0 bridgehead atoms. The predicted molar refractivity (Wildman–Crippen MR) is 110 cm³/mol. The molecule has 0 radical (unpaired) electrons. The quantitative estimate of drug-likeness (QED) is 0.705. The van der Waals surface area contributed by atoms with Gasteiger partial charge in [0, 0.05) is 19.0 Å². The van der Waals surface area contributed by atoms with Crippen molar-refractivity contribution in [2.75, 3.05) is 18.4 Å². The van der Waals surface area contributed by atoms with Gasteiger partial charge in [0.25, 0.3) is 0 Å². The third-order valence-corrected chi connectivity index (χ3v) is 5.90. The van der Waals surface area contributed by atoms with E-state index in [4.69, 9.17) is 5.10 Å². The fourth-order valence-electron chi connectivity index (χ4n) is 4.10. The minimum absolute atomic E-state index is 0.534. The molecule has 3 aromatic rings. The van der Waals surface area contributed by atoms with E-state index in [1.807, 2.05) is 16.6 Å². The lowest BCUT2D eigenvalue weighted by Gasteiger charge is -2.21. The van der Waals surface area contributed by atoms with E-state index >= 15 is 0 Å². The number of nitrogens with zero attached hydrogens (tertiary/aromatic N) is 5. The number of nitrogens with one attached hydrogen (secondary N) is 1. The maximum Gasteiger partial charge on any atom is 0.178 e. The number of anilines is 1. The number of hydrogen-bond donors (Lipinski definition) is 1. The molecule has 3 heterocycles. The number of likely N-dealkylation sites (tertiary alicyclic amines) is 1. The SMILES string of the molecule is c1ccc(CN2CCCCCC2)c(CNc2ccc3nnc(C4CC4)n3n2)c1. The Morgan fingerprint density at radius 2 is 1.68 bits per heavy atom. The van der Waals surface area contributed by atoms with Gasteiger partial charge in [-0.1, -0.05) is 37.1 Å². The van der Waals surface area contributed by atoms with Crippen LogP contribution >= 0.6 is 0 Å². The first-order valence-electron chi connectivity index (χ1n) is 10.6. The van der Waals surface area contributed by atoms with Crippen LogP contribution in [0.15, 0.2) is 36.4 Å². The molecule has 0 atom stereocenters. The van der Waals surface area contributed by atoms with Gasteiger partial charge >= 0.3 is 0 Å². The van der Waals surface area contributed by atoms with Crippen molar-refractivity contribution in [3.8, 4) is 0 Å². The van der Waals surface area contributed by atoms with Crippen LogP contribution in [0.5, 0.6) is 0 Å². The highest BCUT2D eigenvalue weighted by Gasteiger charge is 2.29. The molecule has 146 valence electrons. The van der Waals surface area contributed by atoms with Crippen molar-refractivity contribution >= 4 is 11.5 Å². The van der Waals surface area contributed by atoms with E-state index in [0.29, 0.717) is 5.92 Å². The molecule has 2 fully saturated rings. The van der Waals surface area contributed by atoms with Gasteiger partial charge in [-0.15, -0.1) is 15.3 Å². The van der Waals surface area contributed by atoms with Gasteiger partial charge in [0.2, 0.25) is 0 Å². The molecule has 1 aliphatic heterocycles. The minimum atomic E-state index is 0.534. The Hall–Kier alpha value is -2.47. The van der Waals surface area contributed by atoms with Crippen LogP contribution in [0, 0.1) is 0 Å². The molecule has 0 unspecified atom stereocenters. The summed E-state index contributed by atoms with van der Waals surface area (Å²) in [6.45, 7) is 4.26. The van der Waals surface area contributed by atoms with Crippen molar-refractivity contribution < 1.29 is 0 Å². The molecule has 6 nitrogen and oxygen atoms in total. The van der Waals surface area contributed by atoms with Gasteiger partial charge in [0.1, 0.15) is 5.82 Å². The van der Waals surface area contributed by atoms with Gasteiger partial charge in [-0.3, -0.25) is 4.90 Å². The van der Waals surface area contributed by atoms with E-state index in [0.717, 1.165) is 30.4 Å². The molecule has 1 saturated heterocycles. The normalized spacial score (nSPS) is 18.3. The minimum Gasteiger partial charge on any atom is -0.365 e. The van der Waals surface area contributed by atoms with E-state index in [-0.39, 0.29) is 0 Å². The van der Waals surface area contributed by atoms with Gasteiger partial charge < -0.3 is 5.32 Å². The fraction of sp³-hybridized carbons (Fsp3) is 0.500. The van der Waals surface area contributed by atoms with Crippen LogP contribution in [0.25, 0.3) is 5.65 Å². The van der Waals surface area contributed by atoms with Crippen molar-refractivity contribution in [2.45, 2.75) is 57.5 Å². The first-order valence-corrected chi connectivity index (χ1v) is 10.6. The molecule has 0 spiro atoms. The summed E-state index contributed by atoms with van der Waals surface area (Å²) in [5, 5.41) is 16.8. The monoisotopic (exact) mass is 376 g/mol. The molecule has 1 aliphatic carbocycles. The summed E-state index contributed by atoms with van der Waals surface area (Å²) in [7, 11) is 0. The Morgan fingerprint density at radius 1 is 0.893 bits per heavy atom. The van der Waals surface area contributed by atoms with Gasteiger partial charge in [-0.2, -0.15) is 4.52 Å². The lowest BCUT2D eigenvalue weighted by Crippen LogP contribution is -2.24. The molecule has 28 heavy (non-hydrogen) atoms. The Balaban J connectivity index is 1.30. The highest BCUT2D eigenvalue weighted by atomic mass is 15.4. The van der Waals surface area contributed by atoms with Crippen LogP contribution in [0.3, 0.4) is 0 Å². The van der Waals surface area contributed by atoms with Gasteiger partial charge in [-0.25, -0.2) is 0 Å². The zero-order valence-electron chi connectivity index (χ0n) is 16.3. The predicted octanol–water partition coefficient (Wildman–Crippen LogP) is 3.99. The molecule has 5 rings (SSSR count). The highest BCUT2D eigenvalue weighted by molar-refractivity contribution is 5.45. The lowest BCUT2D eigenvalue weighted by atomic mass is 10.1. The van der Waals surface area contributed by atoms with Crippen molar-refractivity contribution in [3.63, 3.8) is 0 Å². The molecule has 2 aromatic heterocycles. The second-order valence-corrected chi connectivity index (χ2v) is 8.13. The maximum atomic E-state index is 4.74. The van der Waals surface area contributed by atoms with E-state index < -0.39 is 0 Å². The van der Waals surface area contributed by atoms with Gasteiger partial charge in [0.15, 0.2) is 11.5 Å². The third kappa shape index (κ3) is 3.87. The average molecular weight is 377 g/mol. The van der Waals surface area contributed by atoms with Crippen molar-refractivity contribution in [1.82, 2.24) is 24.7 Å². The largest absolute Gasteiger partial charge is 0.365 e. The molecule has 1 saturated carbocycles. The molecular weight excluding hydrogens is 348 g/mol. The van der Waals surface area contributed by atoms with Crippen LogP contribution < -0.4 is 5.32 Å². The summed E-state index contributed by atoms with van der Waals surface area (Å²) in [4.78, 5) is 2.61. The van der Waals surface area contributed by atoms with Crippen molar-refractivity contribution in [1.29, 1.82) is 0 Å². The Morgan fingerprint density at radius 3 is 2.46 bits per heavy atom. The van der Waals surface area contributed by atoms with Crippen LogP contribution in [0.2, 0.25) is 0 Å². The van der Waals surface area contributed by atoms with E-state index in [2.05, 4.69) is 44.7 Å². The second-order valence-electron chi connectivity index (χ2n) is 8.13. The van der Waals surface area contributed by atoms with Crippen LogP contribution in [-0.4, -0.2) is 37.8 Å². The summed E-state index contributed by atoms with van der Waals surface area (Å²) >= 11 is 0. The van der Waals surface area contributed by atoms with Gasteiger partial charge in [-0.05, 0) is 62.0 Å². The van der Waals surface area contributed by atoms with Crippen molar-refractivity contribution in [2.24, 2.45) is 0 Å². The maximum absolute atomic E-state index is 4.74. The first kappa shape index (κ1) is 17.6. The molecule has 2 aliphatic rings. The standard InChI is InChI=1S/C22H28N6/c1-2-6-14-27(13-5-1)16-19-8-4-3-7-18(19)15-23-20-11-12-21-24-25-22(17-9-10-17)28(21)26-20/h3-4,7-8,11-12,17H,1-2,5-6,9-10,13-16H2,(H,23,26). The average Bonchev–Trinajstić information content (AvgIpc) is 3.52. The smallest absolute Gasteiger partial charge is 0.178 e. The summed E-state index contributed by atoms with van der Waals surface area (Å²) in [5.74, 6) is 2.41. The Labute approximate surface area is 166 Å². The number of hydrogen-bond acceptors (Lipinski definition) is 5.